The molecule has 0 radical (unpaired) electrons. The van der Waals surface area contributed by atoms with Crippen molar-refractivity contribution in [2.75, 3.05) is 47.5 Å². The van der Waals surface area contributed by atoms with Crippen molar-refractivity contribution in [3.63, 3.8) is 0 Å². The van der Waals surface area contributed by atoms with Gasteiger partial charge < -0.3 is 18.9 Å². The quantitative estimate of drug-likeness (QED) is 0.0402. The second-order valence-corrected chi connectivity index (χ2v) is 12.4. The fraction of sp³-hybridized carbons (Fsp3) is 0.893. The molecule has 0 spiro atoms. The normalized spacial score (nSPS) is 14.5. The van der Waals surface area contributed by atoms with Gasteiger partial charge in [0.05, 0.1) is 34.0 Å². The Bertz CT molecular complexity index is 622. The molecule has 37 heavy (non-hydrogen) atoms. The Morgan fingerprint density at radius 1 is 0.838 bits per heavy atom. The second kappa shape index (κ2) is 23.0. The van der Waals surface area contributed by atoms with E-state index in [9.17, 15) is 14.3 Å². The van der Waals surface area contributed by atoms with E-state index >= 15 is 0 Å². The first kappa shape index (κ1) is 36.1. The van der Waals surface area contributed by atoms with Gasteiger partial charge in [0.2, 0.25) is 0 Å². The van der Waals surface area contributed by atoms with Crippen LogP contribution in [0.2, 0.25) is 0 Å². The number of ether oxygens (including phenoxy) is 2. The molecular formula is C28H57NO7P+. The summed E-state index contributed by atoms with van der Waals surface area (Å²) in [6, 6.07) is 0. The van der Waals surface area contributed by atoms with Gasteiger partial charge in [-0.2, -0.15) is 0 Å². The van der Waals surface area contributed by atoms with E-state index in [4.69, 9.17) is 18.5 Å². The van der Waals surface area contributed by atoms with E-state index in [-0.39, 0.29) is 19.8 Å². The lowest BCUT2D eigenvalue weighted by Crippen LogP contribution is -2.37. The molecule has 2 atom stereocenters. The minimum atomic E-state index is -4.23. The smallest absolute Gasteiger partial charge is 0.472 e. The van der Waals surface area contributed by atoms with Gasteiger partial charge in [0.15, 0.2) is 6.10 Å². The highest BCUT2D eigenvalue weighted by molar-refractivity contribution is 7.47. The van der Waals surface area contributed by atoms with E-state index in [1.165, 1.54) is 90.4 Å². The Balaban J connectivity index is 3.81. The average Bonchev–Trinajstić information content (AvgIpc) is 2.80. The monoisotopic (exact) mass is 550 g/mol. The summed E-state index contributed by atoms with van der Waals surface area (Å²) < 4.78 is 33.2. The Morgan fingerprint density at radius 2 is 1.35 bits per heavy atom. The van der Waals surface area contributed by atoms with Crippen LogP contribution in [0.1, 0.15) is 110 Å². The third-order valence-electron chi connectivity index (χ3n) is 5.97. The number of hydrogen-bond acceptors (Lipinski definition) is 6. The second-order valence-electron chi connectivity index (χ2n) is 10.9. The van der Waals surface area contributed by atoms with Crippen molar-refractivity contribution < 1.29 is 37.3 Å². The zero-order valence-electron chi connectivity index (χ0n) is 24.5. The number of hydrogen-bond donors (Lipinski definition) is 1. The number of phosphoric acid groups is 1. The minimum Gasteiger partial charge on any atom is -0.498 e. The molecule has 9 heteroatoms. The van der Waals surface area contributed by atoms with Gasteiger partial charge in [-0.3, -0.25) is 13.8 Å². The van der Waals surface area contributed by atoms with Crippen molar-refractivity contribution in [2.24, 2.45) is 0 Å². The first-order valence-corrected chi connectivity index (χ1v) is 15.9. The van der Waals surface area contributed by atoms with E-state index in [1.54, 1.807) is 6.26 Å². The van der Waals surface area contributed by atoms with Gasteiger partial charge in [0.1, 0.15) is 19.8 Å². The summed E-state index contributed by atoms with van der Waals surface area (Å²) >= 11 is 0. The van der Waals surface area contributed by atoms with Crippen LogP contribution in [0.4, 0.5) is 0 Å². The van der Waals surface area contributed by atoms with Crippen LogP contribution in [-0.2, 0) is 27.9 Å². The molecule has 1 N–H and O–H groups in total. The van der Waals surface area contributed by atoms with Crippen molar-refractivity contribution in [3.05, 3.63) is 12.3 Å². The average molecular weight is 551 g/mol. The summed E-state index contributed by atoms with van der Waals surface area (Å²) in [7, 11) is 1.63. The predicted molar refractivity (Wildman–Crippen MR) is 150 cm³/mol. The summed E-state index contributed by atoms with van der Waals surface area (Å²) in [6.07, 6.45) is 22.4. The summed E-state index contributed by atoms with van der Waals surface area (Å²) in [4.78, 5) is 21.2. The van der Waals surface area contributed by atoms with Gasteiger partial charge >= 0.3 is 13.8 Å². The summed E-state index contributed by atoms with van der Waals surface area (Å²) in [5.41, 5.74) is 0. The van der Waals surface area contributed by atoms with Crippen molar-refractivity contribution >= 4 is 13.8 Å². The lowest BCUT2D eigenvalue weighted by Gasteiger charge is -2.24. The number of quaternary nitrogens is 1. The molecule has 0 aliphatic heterocycles. The van der Waals surface area contributed by atoms with E-state index in [0.29, 0.717) is 11.0 Å². The number of unbranched alkanes of at least 4 members (excludes halogenated alkanes) is 14. The van der Waals surface area contributed by atoms with Gasteiger partial charge in [-0.05, 0) is 18.9 Å². The van der Waals surface area contributed by atoms with E-state index in [1.807, 2.05) is 27.2 Å². The fourth-order valence-electron chi connectivity index (χ4n) is 3.75. The number of allylic oxidation sites excluding steroid dienone is 1. The zero-order chi connectivity index (χ0) is 27.8. The molecule has 0 aliphatic rings. The van der Waals surface area contributed by atoms with E-state index < -0.39 is 19.9 Å². The number of likely N-dealkylation sites (N-methyl/N-ethyl adjacent to an activating group) is 1. The Morgan fingerprint density at radius 3 is 1.84 bits per heavy atom. The molecule has 0 saturated heterocycles. The van der Waals surface area contributed by atoms with Crippen LogP contribution in [0.3, 0.4) is 0 Å². The first-order chi connectivity index (χ1) is 17.6. The molecule has 0 rings (SSSR count). The maximum absolute atomic E-state index is 12.0. The van der Waals surface area contributed by atoms with Crippen LogP contribution >= 0.6 is 7.82 Å². The topological polar surface area (TPSA) is 91.3 Å². The SMILES string of the molecule is CCCCCCCCCCCCCCCC/C=C\OC[C@H](COP(=O)(O)OCC[N+](C)(C)C)OC(C)=O. The molecular weight excluding hydrogens is 493 g/mol. The number of nitrogens with zero attached hydrogens (tertiary/aromatic N) is 1. The highest BCUT2D eigenvalue weighted by atomic mass is 31.2. The molecule has 0 aliphatic carbocycles. The fourth-order valence-corrected chi connectivity index (χ4v) is 4.49. The predicted octanol–water partition coefficient (Wildman–Crippen LogP) is 7.16. The third-order valence-corrected chi connectivity index (χ3v) is 6.96. The van der Waals surface area contributed by atoms with Crippen LogP contribution in [-0.4, -0.2) is 69.0 Å². The zero-order valence-corrected chi connectivity index (χ0v) is 25.4. The van der Waals surface area contributed by atoms with Crippen molar-refractivity contribution in [1.82, 2.24) is 0 Å². The number of rotatable bonds is 26. The molecule has 220 valence electrons. The Labute approximate surface area is 227 Å². The number of esters is 1. The molecule has 0 amide bonds. The van der Waals surface area contributed by atoms with E-state index in [0.717, 1.165) is 12.8 Å². The summed E-state index contributed by atoms with van der Waals surface area (Å²) in [6.45, 7) is 3.91. The van der Waals surface area contributed by atoms with Crippen LogP contribution < -0.4 is 0 Å². The van der Waals surface area contributed by atoms with Gasteiger partial charge in [0.25, 0.3) is 0 Å². The van der Waals surface area contributed by atoms with Crippen molar-refractivity contribution in [3.8, 4) is 0 Å². The molecule has 0 fully saturated rings. The molecule has 0 aromatic rings. The van der Waals surface area contributed by atoms with E-state index in [2.05, 4.69) is 6.92 Å². The van der Waals surface area contributed by atoms with Crippen LogP contribution in [0.5, 0.6) is 0 Å². The molecule has 0 heterocycles. The van der Waals surface area contributed by atoms with Gasteiger partial charge in [-0.1, -0.05) is 90.4 Å². The van der Waals surface area contributed by atoms with Crippen LogP contribution in [0, 0.1) is 0 Å². The Kier molecular flexibility index (Phi) is 22.4. The maximum atomic E-state index is 12.0. The van der Waals surface area contributed by atoms with Crippen LogP contribution in [0.25, 0.3) is 0 Å². The summed E-state index contributed by atoms with van der Waals surface area (Å²) in [5.74, 6) is -0.512. The molecule has 8 nitrogen and oxygen atoms in total. The standard InChI is InChI=1S/C28H56NO7P/c1-6-7-8-9-10-11-12-13-14-15-16-17-18-19-20-21-23-33-25-28(36-27(2)30)26-35-37(31,32)34-24-22-29(3,4)5/h21,23,28H,6-20,22,24-26H2,1-5H3/p+1/b23-21-/t28-/m1/s1. The van der Waals surface area contributed by atoms with Crippen molar-refractivity contribution in [1.29, 1.82) is 0 Å². The highest BCUT2D eigenvalue weighted by Gasteiger charge is 2.25. The van der Waals surface area contributed by atoms with Gasteiger partial charge in [-0.15, -0.1) is 0 Å². The van der Waals surface area contributed by atoms with Crippen molar-refractivity contribution in [2.45, 2.75) is 116 Å². The van der Waals surface area contributed by atoms with Gasteiger partial charge in [-0.25, -0.2) is 4.57 Å². The highest BCUT2D eigenvalue weighted by Crippen LogP contribution is 2.43. The minimum absolute atomic E-state index is 0.0354. The molecule has 0 bridgehead atoms. The van der Waals surface area contributed by atoms with Crippen LogP contribution in [0.15, 0.2) is 12.3 Å². The molecule has 0 saturated carbocycles. The third kappa shape index (κ3) is 27.9. The summed E-state index contributed by atoms with van der Waals surface area (Å²) in [5, 5.41) is 0. The number of carbonyl (C=O) groups excluding carboxylic acids is 1. The number of carbonyl (C=O) groups is 1. The first-order valence-electron chi connectivity index (χ1n) is 14.4. The lowest BCUT2D eigenvalue weighted by molar-refractivity contribution is -0.870. The number of phosphoric ester groups is 1. The lowest BCUT2D eigenvalue weighted by atomic mass is 10.0. The maximum Gasteiger partial charge on any atom is 0.472 e. The molecule has 0 aromatic carbocycles. The largest absolute Gasteiger partial charge is 0.498 e. The molecule has 1 unspecified atom stereocenters. The molecule has 0 aromatic heterocycles. The Hall–Kier alpha value is -0.920. The van der Waals surface area contributed by atoms with Gasteiger partial charge in [0, 0.05) is 6.92 Å².